The maximum absolute atomic E-state index is 15.4. The molecule has 4 aliphatic rings. The third-order valence-electron chi connectivity index (χ3n) is 11.7. The first-order chi connectivity index (χ1) is 26.0. The molecule has 2 aliphatic carbocycles. The fraction of sp³-hybridized carbons (Fsp3) is 0.286. The van der Waals surface area contributed by atoms with Crippen molar-refractivity contribution in [1.82, 2.24) is 5.01 Å². The van der Waals surface area contributed by atoms with Gasteiger partial charge < -0.3 is 14.6 Å². The summed E-state index contributed by atoms with van der Waals surface area (Å²) in [5, 5.41) is 13.3. The molecule has 4 amide bonds. The van der Waals surface area contributed by atoms with Crippen molar-refractivity contribution in [3.8, 4) is 17.2 Å². The molecule has 8 rings (SSSR count). The van der Waals surface area contributed by atoms with Crippen LogP contribution in [0.3, 0.4) is 0 Å². The van der Waals surface area contributed by atoms with Crippen LogP contribution in [0, 0.1) is 29.5 Å². The molecule has 0 spiro atoms. The van der Waals surface area contributed by atoms with Crippen LogP contribution in [0.25, 0.3) is 0 Å². The Labute approximate surface area is 316 Å². The lowest BCUT2D eigenvalue weighted by Gasteiger charge is -2.50. The number of rotatable bonds is 8. The maximum Gasteiger partial charge on any atom is 0.260 e. The molecule has 0 bridgehead atoms. The number of phenols is 1. The van der Waals surface area contributed by atoms with Crippen LogP contribution < -0.4 is 19.8 Å². The van der Waals surface area contributed by atoms with Gasteiger partial charge in [0, 0.05) is 28.6 Å². The van der Waals surface area contributed by atoms with Crippen molar-refractivity contribution in [2.45, 2.75) is 37.5 Å². The van der Waals surface area contributed by atoms with E-state index in [1.54, 1.807) is 42.5 Å². The standard InChI is InChI=1S/C42H37ClFN3O7/c1-4-22-5-15-27(16-6-22)46-38(49)30-18-17-29-31(35(30)40(46)51)21-32-39(50)47(45-26-13-11-25(44)12-14-26)41(52)42(32,23-7-9-24(43)10-8-23)37(29)36-33(48)19-28(53-2)20-34(36)54-3/h5-17,19-20,30-32,35,37,45,48H,4,18,21H2,1-3H3. The molecule has 6 atom stereocenters. The van der Waals surface area contributed by atoms with Gasteiger partial charge in [-0.05, 0) is 84.8 Å². The number of aromatic hydroxyl groups is 1. The number of hydrogen-bond donors (Lipinski definition) is 2. The molecule has 2 heterocycles. The van der Waals surface area contributed by atoms with E-state index >= 15 is 4.79 Å². The Balaban J connectivity index is 1.35. The number of carbonyl (C=O) groups is 4. The lowest BCUT2D eigenvalue weighted by atomic mass is 9.49. The molecule has 276 valence electrons. The minimum atomic E-state index is -1.70. The van der Waals surface area contributed by atoms with E-state index in [1.165, 1.54) is 49.5 Å². The number of phenolic OH excluding ortho intramolecular Hbond substituents is 1. The number of aryl methyl sites for hydroxylation is 1. The van der Waals surface area contributed by atoms with Crippen LogP contribution in [-0.2, 0) is 31.0 Å². The first-order valence-electron chi connectivity index (χ1n) is 17.8. The summed E-state index contributed by atoms with van der Waals surface area (Å²) in [5.41, 5.74) is 4.35. The van der Waals surface area contributed by atoms with E-state index in [1.807, 2.05) is 25.1 Å². The zero-order valence-electron chi connectivity index (χ0n) is 29.7. The number of methoxy groups -OCH3 is 2. The summed E-state index contributed by atoms with van der Waals surface area (Å²) in [7, 11) is 2.88. The maximum atomic E-state index is 15.4. The molecule has 54 heavy (non-hydrogen) atoms. The zero-order chi connectivity index (χ0) is 38.1. The Morgan fingerprint density at radius 2 is 1.59 bits per heavy atom. The van der Waals surface area contributed by atoms with Gasteiger partial charge in [-0.1, -0.05) is 54.4 Å². The number of ether oxygens (including phenoxy) is 2. The molecule has 1 saturated carbocycles. The quantitative estimate of drug-likeness (QED) is 0.147. The Bertz CT molecular complexity index is 2230. The highest BCUT2D eigenvalue weighted by Gasteiger charge is 2.71. The number of carbonyl (C=O) groups excluding carboxylic acids is 4. The number of benzene rings is 4. The number of nitrogens with zero attached hydrogens (tertiary/aromatic N) is 2. The van der Waals surface area contributed by atoms with E-state index in [0.29, 0.717) is 33.3 Å². The second-order valence-electron chi connectivity index (χ2n) is 14.2. The Morgan fingerprint density at radius 1 is 0.889 bits per heavy atom. The number of halogens is 2. The van der Waals surface area contributed by atoms with Crippen molar-refractivity contribution in [1.29, 1.82) is 0 Å². The van der Waals surface area contributed by atoms with Crippen molar-refractivity contribution < 1.29 is 38.1 Å². The van der Waals surface area contributed by atoms with Crippen molar-refractivity contribution >= 4 is 46.6 Å². The van der Waals surface area contributed by atoms with E-state index in [0.717, 1.165) is 17.0 Å². The number of allylic oxidation sites excluding steroid dienone is 2. The van der Waals surface area contributed by atoms with Gasteiger partial charge in [0.1, 0.15) is 23.1 Å². The summed E-state index contributed by atoms with van der Waals surface area (Å²) < 4.78 is 25.3. The van der Waals surface area contributed by atoms with Crippen LogP contribution >= 0.6 is 11.6 Å². The summed E-state index contributed by atoms with van der Waals surface area (Å²) in [5.74, 6) is -6.55. The topological polar surface area (TPSA) is 125 Å². The summed E-state index contributed by atoms with van der Waals surface area (Å²) >= 11 is 6.38. The molecule has 4 aromatic rings. The van der Waals surface area contributed by atoms with Gasteiger partial charge in [-0.2, -0.15) is 5.01 Å². The first kappa shape index (κ1) is 35.4. The highest BCUT2D eigenvalue weighted by Crippen LogP contribution is 2.66. The van der Waals surface area contributed by atoms with E-state index in [-0.39, 0.29) is 41.7 Å². The molecular weight excluding hydrogens is 713 g/mol. The average molecular weight is 750 g/mol. The minimum Gasteiger partial charge on any atom is -0.507 e. The SMILES string of the molecule is CCc1ccc(N2C(=O)C3CC=C4C(CC5C(=O)N(Nc6ccc(F)cc6)C(=O)C5(c5ccc(Cl)cc5)C4c4c(O)cc(OC)cc4OC)C3C2=O)cc1. The molecule has 3 fully saturated rings. The molecular formula is C42H37ClFN3O7. The fourth-order valence-corrected chi connectivity index (χ4v) is 9.39. The second kappa shape index (κ2) is 13.3. The van der Waals surface area contributed by atoms with Crippen LogP contribution in [0.5, 0.6) is 17.2 Å². The summed E-state index contributed by atoms with van der Waals surface area (Å²) in [4.78, 5) is 60.2. The van der Waals surface area contributed by atoms with Crippen LogP contribution in [0.4, 0.5) is 15.8 Å². The number of hydrogen-bond acceptors (Lipinski definition) is 8. The van der Waals surface area contributed by atoms with E-state index < -0.39 is 52.6 Å². The molecule has 0 aromatic heterocycles. The smallest absolute Gasteiger partial charge is 0.260 e. The highest BCUT2D eigenvalue weighted by molar-refractivity contribution is 6.30. The molecule has 2 N–H and O–H groups in total. The predicted octanol–water partition coefficient (Wildman–Crippen LogP) is 6.95. The van der Waals surface area contributed by atoms with E-state index in [9.17, 15) is 23.9 Å². The van der Waals surface area contributed by atoms with Gasteiger partial charge in [-0.3, -0.25) is 29.5 Å². The average Bonchev–Trinajstić information content (AvgIpc) is 3.56. The van der Waals surface area contributed by atoms with Crippen LogP contribution in [0.1, 0.15) is 42.4 Å². The number of imide groups is 2. The largest absolute Gasteiger partial charge is 0.507 e. The fourth-order valence-electron chi connectivity index (χ4n) is 9.27. The zero-order valence-corrected chi connectivity index (χ0v) is 30.5. The number of nitrogens with one attached hydrogen (secondary N) is 1. The summed E-state index contributed by atoms with van der Waals surface area (Å²) in [6.07, 6.45) is 2.93. The molecule has 4 aromatic carbocycles. The van der Waals surface area contributed by atoms with E-state index in [2.05, 4.69) is 5.43 Å². The first-order valence-corrected chi connectivity index (χ1v) is 18.2. The van der Waals surface area contributed by atoms with Gasteiger partial charge in [-0.25, -0.2) is 4.39 Å². The number of amides is 4. The Kier molecular flexibility index (Phi) is 8.72. The van der Waals surface area contributed by atoms with Crippen LogP contribution in [0.15, 0.2) is 96.6 Å². The van der Waals surface area contributed by atoms with Gasteiger partial charge >= 0.3 is 0 Å². The third kappa shape index (κ3) is 5.20. The molecule has 6 unspecified atom stereocenters. The van der Waals surface area contributed by atoms with Crippen molar-refractivity contribution in [2.24, 2.45) is 23.7 Å². The lowest BCUT2D eigenvalue weighted by Crippen LogP contribution is -2.53. The monoisotopic (exact) mass is 749 g/mol. The second-order valence-corrected chi connectivity index (χ2v) is 14.6. The number of anilines is 2. The van der Waals surface area contributed by atoms with Crippen LogP contribution in [0.2, 0.25) is 5.02 Å². The normalized spacial score (nSPS) is 25.9. The molecule has 2 aliphatic heterocycles. The minimum absolute atomic E-state index is 0.0408. The molecule has 10 nitrogen and oxygen atoms in total. The number of hydrazine groups is 1. The molecule has 12 heteroatoms. The van der Waals surface area contributed by atoms with Crippen LogP contribution in [-0.4, -0.2) is 48.0 Å². The molecule has 0 radical (unpaired) electrons. The van der Waals surface area contributed by atoms with Gasteiger partial charge in [-0.15, -0.1) is 0 Å². The summed E-state index contributed by atoms with van der Waals surface area (Å²) in [6.45, 7) is 2.02. The predicted molar refractivity (Wildman–Crippen MR) is 199 cm³/mol. The third-order valence-corrected chi connectivity index (χ3v) is 11.9. The van der Waals surface area contributed by atoms with Crippen molar-refractivity contribution in [3.63, 3.8) is 0 Å². The van der Waals surface area contributed by atoms with Crippen molar-refractivity contribution in [2.75, 3.05) is 24.5 Å². The summed E-state index contributed by atoms with van der Waals surface area (Å²) in [6, 6.07) is 22.3. The van der Waals surface area contributed by atoms with Gasteiger partial charge in [0.05, 0.1) is 48.8 Å². The van der Waals surface area contributed by atoms with Gasteiger partial charge in [0.25, 0.3) is 11.8 Å². The lowest BCUT2D eigenvalue weighted by molar-refractivity contribution is -0.138. The Morgan fingerprint density at radius 3 is 2.24 bits per heavy atom. The highest BCUT2D eigenvalue weighted by atomic mass is 35.5. The molecule has 2 saturated heterocycles. The van der Waals surface area contributed by atoms with Crippen molar-refractivity contribution in [3.05, 3.63) is 124 Å². The van der Waals surface area contributed by atoms with Gasteiger partial charge in [0.15, 0.2) is 0 Å². The Hall–Kier alpha value is -5.68. The van der Waals surface area contributed by atoms with E-state index in [4.69, 9.17) is 21.1 Å². The number of fused-ring (bicyclic) bond motifs is 4. The van der Waals surface area contributed by atoms with Gasteiger partial charge in [0.2, 0.25) is 11.8 Å².